The van der Waals surface area contributed by atoms with Gasteiger partial charge in [-0.25, -0.2) is 0 Å². The Morgan fingerprint density at radius 3 is 2.50 bits per heavy atom. The first-order chi connectivity index (χ1) is 15.8. The number of nitrogens with one attached hydrogen (secondary N) is 1. The highest BCUT2D eigenvalue weighted by Crippen LogP contribution is 2.28. The fraction of sp³-hybridized carbons (Fsp3) is 0.310. The van der Waals surface area contributed by atoms with Crippen molar-refractivity contribution in [2.75, 3.05) is 5.32 Å². The number of carbonyl (C=O) groups excluding carboxylic acids is 1. The number of rotatable bonds is 9. The van der Waals surface area contributed by atoms with Gasteiger partial charge in [0.05, 0.1) is 0 Å². The fourth-order valence-electron chi connectivity index (χ4n) is 4.45. The van der Waals surface area contributed by atoms with E-state index >= 15 is 0 Å². The molecule has 2 aromatic carbocycles. The summed E-state index contributed by atoms with van der Waals surface area (Å²) in [7, 11) is 0. The number of carbonyl (C=O) groups is 1. The van der Waals surface area contributed by atoms with Gasteiger partial charge in [0.2, 0.25) is 0 Å². The number of pyridine rings is 1. The molecule has 0 spiro atoms. The Hall–Kier alpha value is -3.20. The van der Waals surface area contributed by atoms with E-state index < -0.39 is 0 Å². The maximum atomic E-state index is 12.7. The van der Waals surface area contributed by atoms with Crippen LogP contribution in [0.1, 0.15) is 72.9 Å². The number of hydrogen-bond acceptors (Lipinski definition) is 3. The lowest BCUT2D eigenvalue weighted by atomic mass is 9.85. The summed E-state index contributed by atoms with van der Waals surface area (Å²) >= 11 is 0. The standard InChI is InChI=1S/C29H32N2O/c32-29(13-4-9-23-7-2-1-3-8-23)26-11-5-12-28(21-26)31-27-18-16-24(17-19-27)14-15-25-10-6-20-30-22-25/h5-6,10-12,14-23,31H,1-4,7-9,13H2/b15-14+. The van der Waals surface area contributed by atoms with Crippen LogP contribution in [0.15, 0.2) is 73.1 Å². The van der Waals surface area contributed by atoms with Gasteiger partial charge in [-0.1, -0.05) is 81.0 Å². The SMILES string of the molecule is O=C(CCCC1CCCCC1)c1cccc(Nc2ccc(/C=C/c3cccnc3)cc2)c1. The molecule has 1 aliphatic carbocycles. The first-order valence-corrected chi connectivity index (χ1v) is 11.8. The number of aromatic nitrogens is 1. The monoisotopic (exact) mass is 424 g/mol. The van der Waals surface area contributed by atoms with E-state index in [1.54, 1.807) is 6.20 Å². The highest BCUT2D eigenvalue weighted by atomic mass is 16.1. The Morgan fingerprint density at radius 2 is 1.72 bits per heavy atom. The van der Waals surface area contributed by atoms with Crippen molar-refractivity contribution in [2.45, 2.75) is 51.4 Å². The van der Waals surface area contributed by atoms with Crippen LogP contribution in [-0.2, 0) is 0 Å². The molecule has 0 bridgehead atoms. The quantitative estimate of drug-likeness (QED) is 0.355. The minimum Gasteiger partial charge on any atom is -0.356 e. The van der Waals surface area contributed by atoms with Crippen molar-refractivity contribution in [3.8, 4) is 0 Å². The van der Waals surface area contributed by atoms with Gasteiger partial charge in [-0.2, -0.15) is 0 Å². The Labute approximate surface area is 191 Å². The Bertz CT molecular complexity index is 1020. The summed E-state index contributed by atoms with van der Waals surface area (Å²) in [5.74, 6) is 1.09. The summed E-state index contributed by atoms with van der Waals surface area (Å²) < 4.78 is 0. The average molecular weight is 425 g/mol. The summed E-state index contributed by atoms with van der Waals surface area (Å²) in [4.78, 5) is 16.8. The molecule has 1 saturated carbocycles. The third kappa shape index (κ3) is 6.65. The highest BCUT2D eigenvalue weighted by molar-refractivity contribution is 5.97. The largest absolute Gasteiger partial charge is 0.356 e. The molecule has 0 amide bonds. The number of nitrogens with zero attached hydrogens (tertiary/aromatic N) is 1. The fourth-order valence-corrected chi connectivity index (χ4v) is 4.45. The van der Waals surface area contributed by atoms with Crippen LogP contribution in [0.2, 0.25) is 0 Å². The third-order valence-corrected chi connectivity index (χ3v) is 6.28. The van der Waals surface area contributed by atoms with Crippen molar-refractivity contribution in [2.24, 2.45) is 5.92 Å². The van der Waals surface area contributed by atoms with Crippen LogP contribution in [0.25, 0.3) is 12.2 Å². The zero-order chi connectivity index (χ0) is 22.0. The Balaban J connectivity index is 1.30. The lowest BCUT2D eigenvalue weighted by Gasteiger charge is -2.21. The molecule has 3 aromatic rings. The lowest BCUT2D eigenvalue weighted by Crippen LogP contribution is -2.07. The van der Waals surface area contributed by atoms with Crippen molar-refractivity contribution in [1.29, 1.82) is 0 Å². The van der Waals surface area contributed by atoms with Crippen LogP contribution in [0, 0.1) is 5.92 Å². The topological polar surface area (TPSA) is 42.0 Å². The highest BCUT2D eigenvalue weighted by Gasteiger charge is 2.14. The van der Waals surface area contributed by atoms with E-state index in [-0.39, 0.29) is 5.78 Å². The van der Waals surface area contributed by atoms with Gasteiger partial charge in [0.15, 0.2) is 5.78 Å². The second kappa shape index (κ2) is 11.4. The van der Waals surface area contributed by atoms with Crippen molar-refractivity contribution in [3.63, 3.8) is 0 Å². The van der Waals surface area contributed by atoms with E-state index in [4.69, 9.17) is 0 Å². The number of hydrogen-bond donors (Lipinski definition) is 1. The van der Waals surface area contributed by atoms with Gasteiger partial charge >= 0.3 is 0 Å². The summed E-state index contributed by atoms with van der Waals surface area (Å²) in [5, 5.41) is 3.42. The van der Waals surface area contributed by atoms with Crippen LogP contribution in [0.3, 0.4) is 0 Å². The molecule has 1 aliphatic rings. The second-order valence-electron chi connectivity index (χ2n) is 8.77. The van der Waals surface area contributed by atoms with Crippen LogP contribution in [-0.4, -0.2) is 10.8 Å². The molecule has 4 rings (SSSR count). The van der Waals surface area contributed by atoms with E-state index in [2.05, 4.69) is 46.7 Å². The number of Topliss-reactive ketones (excluding diaryl/α,β-unsaturated/α-hetero) is 1. The molecular formula is C29H32N2O. The zero-order valence-electron chi connectivity index (χ0n) is 18.7. The van der Waals surface area contributed by atoms with Gasteiger partial charge in [-0.15, -0.1) is 0 Å². The summed E-state index contributed by atoms with van der Waals surface area (Å²) in [5.41, 5.74) is 4.96. The molecule has 1 fully saturated rings. The second-order valence-corrected chi connectivity index (χ2v) is 8.77. The molecule has 0 saturated heterocycles. The van der Waals surface area contributed by atoms with Crippen LogP contribution in [0.5, 0.6) is 0 Å². The van der Waals surface area contributed by atoms with Crippen molar-refractivity contribution >= 4 is 29.3 Å². The molecule has 3 heteroatoms. The van der Waals surface area contributed by atoms with Crippen LogP contribution < -0.4 is 5.32 Å². The van der Waals surface area contributed by atoms with Crippen molar-refractivity contribution < 1.29 is 4.79 Å². The number of benzene rings is 2. The van der Waals surface area contributed by atoms with Crippen molar-refractivity contribution in [3.05, 3.63) is 89.7 Å². The van der Waals surface area contributed by atoms with Crippen LogP contribution in [0.4, 0.5) is 11.4 Å². The normalized spacial score (nSPS) is 14.5. The molecule has 1 aromatic heterocycles. The molecule has 1 N–H and O–H groups in total. The van der Waals surface area contributed by atoms with Gasteiger partial charge in [-0.3, -0.25) is 9.78 Å². The molecule has 1 heterocycles. The van der Waals surface area contributed by atoms with E-state index in [9.17, 15) is 4.79 Å². The summed E-state index contributed by atoms with van der Waals surface area (Å²) in [6, 6.07) is 20.1. The minimum absolute atomic E-state index is 0.250. The van der Waals surface area contributed by atoms with Crippen LogP contribution >= 0.6 is 0 Å². The molecule has 0 radical (unpaired) electrons. The van der Waals surface area contributed by atoms with Gasteiger partial charge < -0.3 is 5.32 Å². The van der Waals surface area contributed by atoms with Crippen molar-refractivity contribution in [1.82, 2.24) is 4.98 Å². The summed E-state index contributed by atoms with van der Waals surface area (Å²) in [6.45, 7) is 0. The third-order valence-electron chi connectivity index (χ3n) is 6.28. The van der Waals surface area contributed by atoms with Gasteiger partial charge in [0, 0.05) is 35.8 Å². The van der Waals surface area contributed by atoms with E-state index in [0.717, 1.165) is 40.4 Å². The predicted octanol–water partition coefficient (Wildman–Crippen LogP) is 7.93. The Morgan fingerprint density at radius 1 is 0.906 bits per heavy atom. The maximum absolute atomic E-state index is 12.7. The molecule has 164 valence electrons. The van der Waals surface area contributed by atoms with Gasteiger partial charge in [0.25, 0.3) is 0 Å². The predicted molar refractivity (Wildman–Crippen MR) is 134 cm³/mol. The molecular weight excluding hydrogens is 392 g/mol. The number of anilines is 2. The van der Waals surface area contributed by atoms with E-state index in [0.29, 0.717) is 6.42 Å². The molecule has 3 nitrogen and oxygen atoms in total. The number of ketones is 1. The Kier molecular flexibility index (Phi) is 7.86. The maximum Gasteiger partial charge on any atom is 0.162 e. The lowest BCUT2D eigenvalue weighted by molar-refractivity contribution is 0.0976. The first kappa shape index (κ1) is 22.0. The molecule has 0 aliphatic heterocycles. The molecule has 0 unspecified atom stereocenters. The van der Waals surface area contributed by atoms with E-state index in [1.807, 2.05) is 42.6 Å². The molecule has 0 atom stereocenters. The van der Waals surface area contributed by atoms with Gasteiger partial charge in [-0.05, 0) is 53.8 Å². The molecule has 32 heavy (non-hydrogen) atoms. The van der Waals surface area contributed by atoms with Gasteiger partial charge in [0.1, 0.15) is 0 Å². The average Bonchev–Trinajstić information content (AvgIpc) is 2.85. The summed E-state index contributed by atoms with van der Waals surface area (Å²) in [6.07, 6.45) is 17.4. The van der Waals surface area contributed by atoms with E-state index in [1.165, 1.54) is 38.5 Å². The minimum atomic E-state index is 0.250. The smallest absolute Gasteiger partial charge is 0.162 e. The first-order valence-electron chi connectivity index (χ1n) is 11.8. The zero-order valence-corrected chi connectivity index (χ0v) is 18.7.